The van der Waals surface area contributed by atoms with Crippen molar-refractivity contribution in [2.75, 3.05) is 13.2 Å². The summed E-state index contributed by atoms with van der Waals surface area (Å²) in [5, 5.41) is 71.8. The first kappa shape index (κ1) is 63.3. The van der Waals surface area contributed by atoms with Crippen molar-refractivity contribution < 1.29 is 92.2 Å². The monoisotopic (exact) mass is 1010 g/mol. The molecule has 0 amide bonds. The van der Waals surface area contributed by atoms with Crippen LogP contribution in [-0.4, -0.2) is 137 Å². The van der Waals surface area contributed by atoms with E-state index in [1.807, 2.05) is 19.1 Å². The van der Waals surface area contributed by atoms with Crippen LogP contribution in [0.5, 0.6) is 0 Å². The molecule has 68 heavy (non-hydrogen) atoms. The highest BCUT2D eigenvalue weighted by atomic mass is 31.2. The number of phosphoric ester groups is 2. The van der Waals surface area contributed by atoms with E-state index in [1.165, 1.54) is 44.3 Å². The van der Waals surface area contributed by atoms with Crippen molar-refractivity contribution >= 4 is 27.6 Å². The van der Waals surface area contributed by atoms with Gasteiger partial charge in [0.2, 0.25) is 0 Å². The predicted octanol–water partition coefficient (Wildman–Crippen LogP) is 5.75. The van der Waals surface area contributed by atoms with Gasteiger partial charge in [0.05, 0.1) is 24.9 Å². The molecule has 0 aromatic carbocycles. The van der Waals surface area contributed by atoms with Crippen LogP contribution in [0.4, 0.5) is 0 Å². The molecule has 1 saturated carbocycles. The maximum atomic E-state index is 13.0. The van der Waals surface area contributed by atoms with Crippen molar-refractivity contribution in [3.8, 4) is 0 Å². The highest BCUT2D eigenvalue weighted by molar-refractivity contribution is 7.47. The van der Waals surface area contributed by atoms with Crippen molar-refractivity contribution in [1.29, 1.82) is 0 Å². The molecule has 392 valence electrons. The molecule has 5 unspecified atom stereocenters. The number of carbonyl (C=O) groups excluding carboxylic acids is 2. The number of allylic oxidation sites excluding steroid dienone is 9. The number of unbranched alkanes of at least 4 members (excludes halogenated alkanes) is 11. The molecule has 0 saturated heterocycles. The van der Waals surface area contributed by atoms with Crippen LogP contribution in [0.2, 0.25) is 0 Å². The van der Waals surface area contributed by atoms with Crippen molar-refractivity contribution in [2.45, 2.75) is 197 Å². The molecule has 0 aromatic rings. The largest absolute Gasteiger partial charge is 0.472 e. The van der Waals surface area contributed by atoms with E-state index < -0.39 is 102 Å². The highest BCUT2D eigenvalue weighted by Gasteiger charge is 2.54. The minimum absolute atomic E-state index is 0.000569. The number of hydrogen-bond donors (Lipinski definition) is 10. The van der Waals surface area contributed by atoms with Gasteiger partial charge in [-0.15, -0.1) is 0 Å². The average molecular weight is 1010 g/mol. The fraction of sp³-hybridized carbons (Fsp3) is 0.702. The van der Waals surface area contributed by atoms with Gasteiger partial charge in [0, 0.05) is 12.8 Å². The third-order valence-corrected chi connectivity index (χ3v) is 12.1. The summed E-state index contributed by atoms with van der Waals surface area (Å²) >= 11 is 0. The number of phosphoric acid groups is 2. The minimum atomic E-state index is -5.41. The molecule has 0 aromatic heterocycles. The van der Waals surface area contributed by atoms with Crippen LogP contribution < -0.4 is 0 Å². The Morgan fingerprint density at radius 1 is 0.574 bits per heavy atom. The zero-order chi connectivity index (χ0) is 50.8. The number of ether oxygens (including phenoxy) is 2. The lowest BCUT2D eigenvalue weighted by atomic mass is 9.85. The zero-order valence-corrected chi connectivity index (χ0v) is 41.4. The summed E-state index contributed by atoms with van der Waals surface area (Å²) in [7, 11) is -10.8. The molecule has 0 aliphatic heterocycles. The SMILES string of the molecule is CC/C=C\CCCCCCCCCCCCCC(=O)O[C@H](COC(=O)CCC[C@H](O)[C@@H](O)\C=C/C=C\C=C\C=C\[C@H](O)C/C=C\CC)COP(=O)(O)O[C@H]1C(O)C(O)C(O)[C@@H](OP(=O)(O)O)C1O. The molecular weight excluding hydrogens is 930 g/mol. The maximum Gasteiger partial charge on any atom is 0.472 e. The minimum Gasteiger partial charge on any atom is -0.462 e. The second-order valence-electron chi connectivity index (χ2n) is 16.6. The lowest BCUT2D eigenvalue weighted by Gasteiger charge is -2.43. The molecule has 10 N–H and O–H groups in total. The van der Waals surface area contributed by atoms with Crippen LogP contribution in [0.15, 0.2) is 72.9 Å². The van der Waals surface area contributed by atoms with Gasteiger partial charge in [-0.3, -0.25) is 23.2 Å². The van der Waals surface area contributed by atoms with Gasteiger partial charge in [-0.25, -0.2) is 9.13 Å². The van der Waals surface area contributed by atoms with Gasteiger partial charge in [0.1, 0.15) is 43.2 Å². The van der Waals surface area contributed by atoms with Crippen LogP contribution in [-0.2, 0) is 41.8 Å². The molecule has 11 atom stereocenters. The number of aliphatic hydroxyl groups is 7. The Kier molecular flexibility index (Phi) is 34.6. The summed E-state index contributed by atoms with van der Waals surface area (Å²) < 4.78 is 49.1. The molecule has 1 aliphatic rings. The summed E-state index contributed by atoms with van der Waals surface area (Å²) in [6, 6.07) is 0. The van der Waals surface area contributed by atoms with Crippen LogP contribution in [0.25, 0.3) is 0 Å². The summed E-state index contributed by atoms with van der Waals surface area (Å²) in [4.78, 5) is 54.3. The summed E-state index contributed by atoms with van der Waals surface area (Å²) in [5.41, 5.74) is 0. The fourth-order valence-corrected chi connectivity index (χ4v) is 8.38. The van der Waals surface area contributed by atoms with Gasteiger partial charge < -0.3 is 59.9 Å². The van der Waals surface area contributed by atoms with Crippen molar-refractivity contribution in [1.82, 2.24) is 0 Å². The Morgan fingerprint density at radius 3 is 1.68 bits per heavy atom. The van der Waals surface area contributed by atoms with Gasteiger partial charge in [-0.05, 0) is 51.4 Å². The first-order valence-corrected chi connectivity index (χ1v) is 26.8. The normalized spacial score (nSPS) is 23.3. The van der Waals surface area contributed by atoms with E-state index >= 15 is 0 Å². The first-order valence-electron chi connectivity index (χ1n) is 23.8. The Labute approximate surface area is 401 Å². The topological polar surface area (TPSA) is 317 Å². The number of esters is 2. The van der Waals surface area contributed by atoms with Crippen molar-refractivity contribution in [2.24, 2.45) is 0 Å². The summed E-state index contributed by atoms with van der Waals surface area (Å²) in [6.45, 7) is 2.53. The molecule has 19 nitrogen and oxygen atoms in total. The van der Waals surface area contributed by atoms with E-state index in [2.05, 4.69) is 23.6 Å². The average Bonchev–Trinajstić information content (AvgIpc) is 3.28. The van der Waals surface area contributed by atoms with Gasteiger partial charge in [0.15, 0.2) is 6.10 Å². The maximum absolute atomic E-state index is 13.0. The quantitative estimate of drug-likeness (QED) is 0.0116. The third-order valence-electron chi connectivity index (χ3n) is 10.6. The Morgan fingerprint density at radius 2 is 1.09 bits per heavy atom. The van der Waals surface area contributed by atoms with E-state index in [-0.39, 0.29) is 25.7 Å². The van der Waals surface area contributed by atoms with Crippen LogP contribution in [0.1, 0.15) is 136 Å². The Bertz CT molecular complexity index is 1640. The van der Waals surface area contributed by atoms with E-state index in [0.29, 0.717) is 12.8 Å². The molecule has 1 rings (SSSR count). The molecule has 0 radical (unpaired) electrons. The van der Waals surface area contributed by atoms with Gasteiger partial charge in [-0.2, -0.15) is 0 Å². The van der Waals surface area contributed by atoms with Crippen LogP contribution in [0.3, 0.4) is 0 Å². The number of rotatable bonds is 38. The number of aliphatic hydroxyl groups excluding tert-OH is 7. The fourth-order valence-electron chi connectivity index (χ4n) is 6.84. The molecule has 21 heteroatoms. The van der Waals surface area contributed by atoms with Crippen LogP contribution in [0, 0.1) is 0 Å². The molecule has 1 aliphatic carbocycles. The highest BCUT2D eigenvalue weighted by Crippen LogP contribution is 2.49. The molecule has 0 heterocycles. The lowest BCUT2D eigenvalue weighted by Crippen LogP contribution is -2.64. The van der Waals surface area contributed by atoms with E-state index in [1.54, 1.807) is 36.5 Å². The van der Waals surface area contributed by atoms with E-state index in [9.17, 15) is 69.1 Å². The predicted molar refractivity (Wildman–Crippen MR) is 254 cm³/mol. The summed E-state index contributed by atoms with van der Waals surface area (Å²) in [5.74, 6) is -1.54. The molecule has 1 fully saturated rings. The number of carbonyl (C=O) groups is 2. The summed E-state index contributed by atoms with van der Waals surface area (Å²) in [6.07, 6.45) is 17.9. The second-order valence-corrected chi connectivity index (χ2v) is 19.2. The van der Waals surface area contributed by atoms with Crippen LogP contribution >= 0.6 is 15.6 Å². The smallest absolute Gasteiger partial charge is 0.462 e. The van der Waals surface area contributed by atoms with Crippen molar-refractivity contribution in [3.05, 3.63) is 72.9 Å². The van der Waals surface area contributed by atoms with Gasteiger partial charge >= 0.3 is 27.6 Å². The molecule has 0 bridgehead atoms. The van der Waals surface area contributed by atoms with Crippen molar-refractivity contribution in [3.63, 3.8) is 0 Å². The first-order chi connectivity index (χ1) is 32.3. The van der Waals surface area contributed by atoms with E-state index in [4.69, 9.17) is 18.5 Å². The zero-order valence-electron chi connectivity index (χ0n) is 39.6. The Balaban J connectivity index is 2.73. The third kappa shape index (κ3) is 30.8. The standard InChI is InChI=1S/C47H80O19P2/c1-3-5-7-8-9-10-11-12-13-14-15-16-17-22-26-32-41(52)64-37(35-63-68(60,61)66-47-44(55)42(53)43(54)46(45(47)56)65-67(57,58)59)34-62-40(51)33-27-31-39(50)38(49)30-25-21-19-18-20-24-29-36(48)28-23-6-4-2/h5-7,18-21,23-25,29-30,36-39,42-50,53-56H,3-4,8-17,22,26-28,31-35H2,1-2H3,(H,60,61)(H2,57,58,59)/b7-5-,20-18+,21-19-,23-6-,29-24+,30-25-/t36-,37-,38+,39+,42?,43?,44?,45?,46-,47+/m1/s1. The van der Waals surface area contributed by atoms with E-state index in [0.717, 1.165) is 51.4 Å². The molecule has 0 spiro atoms. The van der Waals surface area contributed by atoms with Gasteiger partial charge in [0.25, 0.3) is 0 Å². The lowest BCUT2D eigenvalue weighted by molar-refractivity contribution is -0.216. The number of hydrogen-bond acceptors (Lipinski definition) is 16. The molecular formula is C47H80O19P2. The Hall–Kier alpha value is -2.68. The second kappa shape index (κ2) is 37.1. The van der Waals surface area contributed by atoms with Gasteiger partial charge in [-0.1, -0.05) is 145 Å².